The summed E-state index contributed by atoms with van der Waals surface area (Å²) in [7, 11) is -3.68. The van der Waals surface area contributed by atoms with Crippen LogP contribution < -0.4 is 11.2 Å². The summed E-state index contributed by atoms with van der Waals surface area (Å²) in [6.45, 7) is 3.34. The van der Waals surface area contributed by atoms with Gasteiger partial charge in [-0.15, -0.1) is 0 Å². The van der Waals surface area contributed by atoms with E-state index in [0.717, 1.165) is 10.6 Å². The van der Waals surface area contributed by atoms with E-state index in [0.29, 0.717) is 0 Å². The van der Waals surface area contributed by atoms with Crippen molar-refractivity contribution in [3.63, 3.8) is 0 Å². The van der Waals surface area contributed by atoms with Crippen molar-refractivity contribution in [3.05, 3.63) is 33.1 Å². The number of hydrogen-bond acceptors (Lipinski definition) is 8. The van der Waals surface area contributed by atoms with E-state index in [9.17, 15) is 19.3 Å². The highest BCUT2D eigenvalue weighted by Crippen LogP contribution is 2.72. The van der Waals surface area contributed by atoms with Gasteiger partial charge in [-0.2, -0.15) is 0 Å². The number of nitrogens with zero attached hydrogens (tertiary/aromatic N) is 1. The van der Waals surface area contributed by atoms with Crippen LogP contribution in [0.2, 0.25) is 0 Å². The van der Waals surface area contributed by atoms with Crippen molar-refractivity contribution in [2.45, 2.75) is 44.5 Å². The summed E-state index contributed by atoms with van der Waals surface area (Å²) in [5, 5.41) is 10.6. The molecule has 24 heavy (non-hydrogen) atoms. The Morgan fingerprint density at radius 3 is 2.88 bits per heavy atom. The van der Waals surface area contributed by atoms with Crippen molar-refractivity contribution in [2.75, 3.05) is 6.61 Å². The molecule has 132 valence electrons. The number of fused-ring (bicyclic) bond motifs is 1. The first kappa shape index (κ1) is 16.2. The van der Waals surface area contributed by atoms with Crippen molar-refractivity contribution in [1.82, 2.24) is 9.55 Å². The first-order valence-corrected chi connectivity index (χ1v) is 8.99. The molecule has 4 rings (SSSR count). The summed E-state index contributed by atoms with van der Waals surface area (Å²) in [5.74, 6) is 0. The lowest BCUT2D eigenvalue weighted by molar-refractivity contribution is -0.0983. The van der Waals surface area contributed by atoms with E-state index in [1.807, 2.05) is 0 Å². The highest BCUT2D eigenvalue weighted by molar-refractivity contribution is 7.48. The number of aromatic nitrogens is 2. The number of aromatic amines is 1. The highest BCUT2D eigenvalue weighted by Gasteiger charge is 2.81. The average molecular weight is 360 g/mol. The van der Waals surface area contributed by atoms with Crippen LogP contribution in [0.15, 0.2) is 21.9 Å². The SMILES string of the molecule is CC(C)OP1(=O)OCC23C(O)C(n4ccc(=O)[nH]c4=O)OC2C3O1. The Morgan fingerprint density at radius 2 is 2.21 bits per heavy atom. The summed E-state index contributed by atoms with van der Waals surface area (Å²) in [6.07, 6.45) is -2.39. The van der Waals surface area contributed by atoms with Crippen LogP contribution in [-0.2, 0) is 22.9 Å². The zero-order valence-corrected chi connectivity index (χ0v) is 13.8. The summed E-state index contributed by atoms with van der Waals surface area (Å²) in [6, 6.07) is 1.16. The van der Waals surface area contributed by atoms with Crippen molar-refractivity contribution in [1.29, 1.82) is 0 Å². The summed E-state index contributed by atoms with van der Waals surface area (Å²) >= 11 is 0. The highest BCUT2D eigenvalue weighted by atomic mass is 31.2. The van der Waals surface area contributed by atoms with Gasteiger partial charge < -0.3 is 9.84 Å². The maximum Gasteiger partial charge on any atom is 0.475 e. The van der Waals surface area contributed by atoms with Crippen LogP contribution in [0.25, 0.3) is 0 Å². The molecular formula is C13H17N2O8P. The molecule has 10 nitrogen and oxygen atoms in total. The first-order valence-electron chi connectivity index (χ1n) is 7.53. The standard InChI is InChI=1S/C13H17N2O8P/c1-6(2)22-24(19)20-5-13-8(17)11(21-9(13)10(13)23-24)15-4-3-7(16)14-12(15)18/h3-4,6,8-11,17H,5H2,1-2H3,(H,14,16,18). The molecule has 1 saturated carbocycles. The number of rotatable bonds is 3. The average Bonchev–Trinajstić information content (AvgIpc) is 2.99. The third kappa shape index (κ3) is 2.18. The molecule has 0 aromatic carbocycles. The number of hydrogen-bond donors (Lipinski definition) is 2. The number of phosphoric acid groups is 1. The van der Waals surface area contributed by atoms with Gasteiger partial charge in [0.2, 0.25) is 0 Å². The van der Waals surface area contributed by atoms with E-state index in [2.05, 4.69) is 4.98 Å². The van der Waals surface area contributed by atoms with Crippen molar-refractivity contribution >= 4 is 7.82 Å². The normalized spacial score (nSPS) is 43.5. The third-order valence-electron chi connectivity index (χ3n) is 4.51. The van der Waals surface area contributed by atoms with Crippen molar-refractivity contribution in [2.24, 2.45) is 5.41 Å². The zero-order valence-electron chi connectivity index (χ0n) is 12.9. The Labute approximate surface area is 135 Å². The van der Waals surface area contributed by atoms with Crippen molar-refractivity contribution in [3.8, 4) is 0 Å². The van der Waals surface area contributed by atoms with Gasteiger partial charge in [0, 0.05) is 12.3 Å². The molecule has 0 bridgehead atoms. The van der Waals surface area contributed by atoms with Gasteiger partial charge in [-0.3, -0.25) is 27.9 Å². The van der Waals surface area contributed by atoms with Gasteiger partial charge in [-0.25, -0.2) is 9.36 Å². The molecule has 2 saturated heterocycles. The van der Waals surface area contributed by atoms with Gasteiger partial charge in [0.1, 0.15) is 18.3 Å². The molecule has 1 aromatic rings. The molecule has 6 unspecified atom stereocenters. The lowest BCUT2D eigenvalue weighted by Crippen LogP contribution is -2.42. The molecule has 6 atom stereocenters. The Balaban J connectivity index is 1.56. The fourth-order valence-electron chi connectivity index (χ4n) is 3.34. The van der Waals surface area contributed by atoms with Gasteiger partial charge >= 0.3 is 13.5 Å². The molecule has 1 aliphatic carbocycles. The quantitative estimate of drug-likeness (QED) is 0.706. The smallest absolute Gasteiger partial charge is 0.388 e. The van der Waals surface area contributed by atoms with Gasteiger partial charge in [-0.05, 0) is 13.8 Å². The zero-order chi connectivity index (χ0) is 17.3. The van der Waals surface area contributed by atoms with Crippen LogP contribution in [0.5, 0.6) is 0 Å². The van der Waals surface area contributed by atoms with Gasteiger partial charge in [0.05, 0.1) is 18.1 Å². The number of ether oxygens (including phenoxy) is 1. The fourth-order valence-corrected chi connectivity index (χ4v) is 4.99. The second kappa shape index (κ2) is 5.10. The van der Waals surface area contributed by atoms with Crippen LogP contribution >= 0.6 is 7.82 Å². The van der Waals surface area contributed by atoms with Crippen LogP contribution in [0, 0.1) is 5.41 Å². The molecule has 11 heteroatoms. The summed E-state index contributed by atoms with van der Waals surface area (Å²) in [5.41, 5.74) is -2.12. The van der Waals surface area contributed by atoms with Crippen molar-refractivity contribution < 1.29 is 28.0 Å². The van der Waals surface area contributed by atoms with E-state index < -0.39 is 49.0 Å². The number of aliphatic hydroxyl groups excluding tert-OH is 1. The molecule has 0 amide bonds. The molecule has 3 fully saturated rings. The molecule has 1 aromatic heterocycles. The maximum atomic E-state index is 12.4. The molecule has 0 radical (unpaired) electrons. The van der Waals surface area contributed by atoms with Crippen LogP contribution in [0.3, 0.4) is 0 Å². The minimum absolute atomic E-state index is 0.0674. The number of aliphatic hydroxyl groups is 1. The second-order valence-corrected chi connectivity index (χ2v) is 8.00. The molecular weight excluding hydrogens is 343 g/mol. The van der Waals surface area contributed by atoms with E-state index in [1.54, 1.807) is 13.8 Å². The number of H-pyrrole nitrogens is 1. The summed E-state index contributed by atoms with van der Waals surface area (Å²) < 4.78 is 35.0. The fraction of sp³-hybridized carbons (Fsp3) is 0.692. The van der Waals surface area contributed by atoms with Crippen LogP contribution in [-0.4, -0.2) is 45.7 Å². The van der Waals surface area contributed by atoms with E-state index in [4.69, 9.17) is 18.3 Å². The van der Waals surface area contributed by atoms with E-state index in [1.165, 1.54) is 6.20 Å². The second-order valence-electron chi connectivity index (χ2n) is 6.42. The molecule has 2 aliphatic heterocycles. The Bertz CT molecular complexity index is 834. The van der Waals surface area contributed by atoms with Gasteiger partial charge in [0.15, 0.2) is 6.23 Å². The Morgan fingerprint density at radius 1 is 1.46 bits per heavy atom. The van der Waals surface area contributed by atoms with Crippen LogP contribution in [0.4, 0.5) is 0 Å². The van der Waals surface area contributed by atoms with Crippen LogP contribution in [0.1, 0.15) is 20.1 Å². The molecule has 2 N–H and O–H groups in total. The molecule has 3 aliphatic rings. The topological polar surface area (TPSA) is 129 Å². The van der Waals surface area contributed by atoms with E-state index in [-0.39, 0.29) is 12.7 Å². The maximum absolute atomic E-state index is 12.4. The van der Waals surface area contributed by atoms with Gasteiger partial charge in [-0.1, -0.05) is 0 Å². The van der Waals surface area contributed by atoms with Gasteiger partial charge in [0.25, 0.3) is 5.56 Å². The molecule has 1 spiro atoms. The summed E-state index contributed by atoms with van der Waals surface area (Å²) in [4.78, 5) is 25.1. The number of phosphoric ester groups is 1. The minimum atomic E-state index is -3.68. The Hall–Kier alpha value is -1.29. The third-order valence-corrected chi connectivity index (χ3v) is 6.12. The monoisotopic (exact) mass is 360 g/mol. The Kier molecular flexibility index (Phi) is 3.44. The lowest BCUT2D eigenvalue weighted by Gasteiger charge is -2.32. The largest absolute Gasteiger partial charge is 0.475 e. The van der Waals surface area contributed by atoms with E-state index >= 15 is 0 Å². The predicted molar refractivity (Wildman–Crippen MR) is 78.3 cm³/mol. The minimum Gasteiger partial charge on any atom is -0.388 e. The number of nitrogens with one attached hydrogen (secondary N) is 1. The predicted octanol–water partition coefficient (Wildman–Crippen LogP) is -0.257. The molecule has 3 heterocycles. The lowest BCUT2D eigenvalue weighted by atomic mass is 9.99. The first-order chi connectivity index (χ1) is 11.3.